The highest BCUT2D eigenvalue weighted by Crippen LogP contribution is 2.27. The van der Waals surface area contributed by atoms with E-state index in [9.17, 15) is 4.79 Å². The number of nitrogens with two attached hydrogens (primary N) is 2. The van der Waals surface area contributed by atoms with Gasteiger partial charge in [-0.2, -0.15) is 0 Å². The number of carbonyl (C=O) groups is 1. The Labute approximate surface area is 136 Å². The van der Waals surface area contributed by atoms with Crippen LogP contribution in [0.25, 0.3) is 0 Å². The Morgan fingerprint density at radius 3 is 2.57 bits per heavy atom. The molecule has 5 nitrogen and oxygen atoms in total. The molecule has 0 spiro atoms. The summed E-state index contributed by atoms with van der Waals surface area (Å²) in [7, 11) is 1.58. The fraction of sp³-hybridized carbons (Fsp3) is 0.278. The van der Waals surface area contributed by atoms with E-state index in [1.165, 1.54) is 5.56 Å². The molecular formula is C18H23N2O3+. The van der Waals surface area contributed by atoms with Gasteiger partial charge in [0.05, 0.1) is 13.7 Å². The van der Waals surface area contributed by atoms with Crippen molar-refractivity contribution in [2.75, 3.05) is 20.3 Å². The maximum Gasteiger partial charge on any atom is 0.255 e. The summed E-state index contributed by atoms with van der Waals surface area (Å²) in [6.45, 7) is 1.73. The fourth-order valence-electron chi connectivity index (χ4n) is 2.29. The lowest BCUT2D eigenvalue weighted by molar-refractivity contribution is -0.670. The predicted molar refractivity (Wildman–Crippen MR) is 88.3 cm³/mol. The summed E-state index contributed by atoms with van der Waals surface area (Å²) in [6, 6.07) is 16.1. The maximum atomic E-state index is 10.8. The third kappa shape index (κ3) is 5.64. The van der Waals surface area contributed by atoms with Gasteiger partial charge in [-0.15, -0.1) is 0 Å². The molecule has 2 aromatic rings. The molecule has 0 saturated carbocycles. The van der Waals surface area contributed by atoms with Crippen LogP contribution in [0.15, 0.2) is 48.5 Å². The molecule has 0 heterocycles. The van der Waals surface area contributed by atoms with Crippen LogP contribution >= 0.6 is 0 Å². The van der Waals surface area contributed by atoms with Crippen molar-refractivity contribution >= 4 is 5.91 Å². The van der Waals surface area contributed by atoms with Crippen LogP contribution in [0.3, 0.4) is 0 Å². The van der Waals surface area contributed by atoms with Gasteiger partial charge in [0.1, 0.15) is 6.54 Å². The monoisotopic (exact) mass is 315 g/mol. The minimum absolute atomic E-state index is 0.154. The minimum atomic E-state index is -0.509. The first-order chi connectivity index (χ1) is 11.2. The topological polar surface area (TPSA) is 78.2 Å². The van der Waals surface area contributed by atoms with Crippen molar-refractivity contribution in [2.45, 2.75) is 13.0 Å². The van der Waals surface area contributed by atoms with E-state index in [1.807, 2.05) is 24.3 Å². The van der Waals surface area contributed by atoms with Crippen LogP contribution < -0.4 is 20.5 Å². The van der Waals surface area contributed by atoms with E-state index in [0.29, 0.717) is 11.5 Å². The van der Waals surface area contributed by atoms with E-state index in [2.05, 4.69) is 29.6 Å². The number of amides is 1. The van der Waals surface area contributed by atoms with Gasteiger partial charge in [0, 0.05) is 12.0 Å². The Kier molecular flexibility index (Phi) is 6.44. The molecule has 0 radical (unpaired) electrons. The zero-order valence-corrected chi connectivity index (χ0v) is 13.3. The average molecular weight is 315 g/mol. The van der Waals surface area contributed by atoms with Gasteiger partial charge in [0.2, 0.25) is 0 Å². The van der Waals surface area contributed by atoms with Crippen LogP contribution in [0.1, 0.15) is 11.1 Å². The molecule has 1 amide bonds. The molecule has 0 aliphatic rings. The van der Waals surface area contributed by atoms with Crippen molar-refractivity contribution in [3.8, 4) is 11.5 Å². The number of benzene rings is 2. The number of hydrogen-bond acceptors (Lipinski definition) is 3. The second-order valence-electron chi connectivity index (χ2n) is 5.26. The van der Waals surface area contributed by atoms with Crippen LogP contribution in [0, 0.1) is 0 Å². The lowest BCUT2D eigenvalue weighted by atomic mass is 10.1. The minimum Gasteiger partial charge on any atom is -0.493 e. The van der Waals surface area contributed by atoms with Crippen molar-refractivity contribution in [1.29, 1.82) is 0 Å². The summed E-state index contributed by atoms with van der Waals surface area (Å²) in [5.74, 6) is 0.630. The summed E-state index contributed by atoms with van der Waals surface area (Å²) in [6.07, 6.45) is 1.04. The van der Waals surface area contributed by atoms with E-state index < -0.39 is 5.91 Å². The predicted octanol–water partition coefficient (Wildman–Crippen LogP) is 0.865. The summed E-state index contributed by atoms with van der Waals surface area (Å²) < 4.78 is 10.6. The Balaban J connectivity index is 1.84. The van der Waals surface area contributed by atoms with Crippen LogP contribution in [0.2, 0.25) is 0 Å². The summed E-state index contributed by atoms with van der Waals surface area (Å²) in [5, 5.41) is 2.26. The molecular weight excluding hydrogens is 292 g/mol. The second kappa shape index (κ2) is 8.80. The van der Waals surface area contributed by atoms with E-state index in [4.69, 9.17) is 15.2 Å². The quantitative estimate of drug-likeness (QED) is 0.674. The van der Waals surface area contributed by atoms with E-state index in [0.717, 1.165) is 25.1 Å². The van der Waals surface area contributed by atoms with Gasteiger partial charge in [0.25, 0.3) is 5.91 Å². The number of rotatable bonds is 9. The molecule has 2 aromatic carbocycles. The Morgan fingerprint density at radius 1 is 1.09 bits per heavy atom. The van der Waals surface area contributed by atoms with Crippen LogP contribution in [-0.4, -0.2) is 26.2 Å². The van der Waals surface area contributed by atoms with Crippen molar-refractivity contribution in [1.82, 2.24) is 0 Å². The van der Waals surface area contributed by atoms with E-state index in [-0.39, 0.29) is 6.61 Å². The Bertz CT molecular complexity index is 629. The first-order valence-electron chi connectivity index (χ1n) is 7.62. The van der Waals surface area contributed by atoms with E-state index >= 15 is 0 Å². The zero-order chi connectivity index (χ0) is 16.5. The van der Waals surface area contributed by atoms with E-state index in [1.54, 1.807) is 7.11 Å². The van der Waals surface area contributed by atoms with Crippen molar-refractivity contribution in [2.24, 2.45) is 5.73 Å². The molecule has 0 aliphatic carbocycles. The smallest absolute Gasteiger partial charge is 0.255 e. The van der Waals surface area contributed by atoms with Crippen LogP contribution in [0.4, 0.5) is 0 Å². The van der Waals surface area contributed by atoms with Gasteiger partial charge in [-0.1, -0.05) is 30.3 Å². The number of carbonyl (C=O) groups excluding carboxylic acids is 1. The van der Waals surface area contributed by atoms with Gasteiger partial charge >= 0.3 is 0 Å². The number of primary amides is 1. The molecule has 0 unspecified atom stereocenters. The summed E-state index contributed by atoms with van der Waals surface area (Å²) in [4.78, 5) is 10.8. The number of ether oxygens (including phenoxy) is 2. The third-order valence-corrected chi connectivity index (χ3v) is 3.46. The summed E-state index contributed by atoms with van der Waals surface area (Å²) in [5.41, 5.74) is 7.57. The van der Waals surface area contributed by atoms with Gasteiger partial charge < -0.3 is 20.5 Å². The molecule has 23 heavy (non-hydrogen) atoms. The molecule has 0 aromatic heterocycles. The number of methoxy groups -OCH3 is 1. The third-order valence-electron chi connectivity index (χ3n) is 3.46. The Morgan fingerprint density at radius 2 is 1.87 bits per heavy atom. The highest BCUT2D eigenvalue weighted by molar-refractivity contribution is 5.75. The van der Waals surface area contributed by atoms with Gasteiger partial charge in [-0.25, -0.2) is 0 Å². The molecule has 2 rings (SSSR count). The van der Waals surface area contributed by atoms with Gasteiger partial charge in [-0.3, -0.25) is 4.79 Å². The highest BCUT2D eigenvalue weighted by atomic mass is 16.5. The van der Waals surface area contributed by atoms with Gasteiger partial charge in [-0.05, 0) is 23.8 Å². The lowest BCUT2D eigenvalue weighted by Gasteiger charge is -2.11. The number of hydrogen-bond donors (Lipinski definition) is 2. The molecule has 0 saturated heterocycles. The Hall–Kier alpha value is -2.53. The fourth-order valence-corrected chi connectivity index (χ4v) is 2.29. The number of quaternary nitrogens is 1. The van der Waals surface area contributed by atoms with Crippen molar-refractivity contribution in [3.05, 3.63) is 59.7 Å². The molecule has 0 aliphatic heterocycles. The first-order valence-corrected chi connectivity index (χ1v) is 7.62. The summed E-state index contributed by atoms with van der Waals surface area (Å²) >= 11 is 0. The molecule has 5 heteroatoms. The van der Waals surface area contributed by atoms with Crippen LogP contribution in [-0.2, 0) is 17.8 Å². The van der Waals surface area contributed by atoms with Crippen molar-refractivity contribution < 1.29 is 19.6 Å². The lowest BCUT2D eigenvalue weighted by Crippen LogP contribution is -2.83. The molecule has 0 bridgehead atoms. The highest BCUT2D eigenvalue weighted by Gasteiger charge is 2.08. The molecule has 122 valence electrons. The molecule has 4 N–H and O–H groups in total. The standard InChI is InChI=1S/C18H22N2O3/c1-22-17-11-15(7-8-16(17)23-13-18(19)21)12-20-10-9-14-5-3-2-4-6-14/h2-8,11,20H,9-10,12-13H2,1H3,(H2,19,21)/p+1. The van der Waals surface area contributed by atoms with Crippen molar-refractivity contribution in [3.63, 3.8) is 0 Å². The normalized spacial score (nSPS) is 10.3. The maximum absolute atomic E-state index is 10.8. The van der Waals surface area contributed by atoms with Gasteiger partial charge in [0.15, 0.2) is 18.1 Å². The SMILES string of the molecule is COc1cc(C[NH2+]CCc2ccccc2)ccc1OCC(N)=O. The zero-order valence-electron chi connectivity index (χ0n) is 13.3. The molecule has 0 fully saturated rings. The largest absolute Gasteiger partial charge is 0.493 e. The second-order valence-corrected chi connectivity index (χ2v) is 5.26. The molecule has 0 atom stereocenters. The van der Waals surface area contributed by atoms with Crippen LogP contribution in [0.5, 0.6) is 11.5 Å². The average Bonchev–Trinajstić information content (AvgIpc) is 2.58. The first kappa shape index (κ1) is 16.8.